The molecule has 0 N–H and O–H groups in total. The van der Waals surface area contributed by atoms with Crippen LogP contribution in [0.2, 0.25) is 0 Å². The van der Waals surface area contributed by atoms with Crippen LogP contribution >= 0.6 is 0 Å². The van der Waals surface area contributed by atoms with Gasteiger partial charge in [-0.2, -0.15) is 0 Å². The van der Waals surface area contributed by atoms with Crippen LogP contribution < -0.4 is 0 Å². The van der Waals surface area contributed by atoms with E-state index in [0.717, 1.165) is 5.57 Å². The summed E-state index contributed by atoms with van der Waals surface area (Å²) >= 11 is 0. The maximum absolute atomic E-state index is 3.92. The van der Waals surface area contributed by atoms with E-state index in [9.17, 15) is 0 Å². The van der Waals surface area contributed by atoms with Crippen molar-refractivity contribution >= 4 is 11.1 Å². The summed E-state index contributed by atoms with van der Waals surface area (Å²) < 4.78 is 0. The lowest BCUT2D eigenvalue weighted by Gasteiger charge is -2.09. The normalized spacial score (nSPS) is 12.4. The first-order valence-corrected chi connectivity index (χ1v) is 10.1. The molecule has 0 atom stereocenters. The van der Waals surface area contributed by atoms with Gasteiger partial charge in [-0.15, -0.1) is 0 Å². The molecule has 0 saturated heterocycles. The van der Waals surface area contributed by atoms with E-state index in [2.05, 4.69) is 118 Å². The monoisotopic (exact) mass is 376 g/mol. The molecular weight excluding hydrogens is 348 g/mol. The Balaban J connectivity index is 1.92. The van der Waals surface area contributed by atoms with Crippen molar-refractivity contribution in [3.8, 4) is 22.3 Å². The first-order chi connectivity index (χ1) is 14.2. The third-order valence-corrected chi connectivity index (χ3v) is 5.13. The van der Waals surface area contributed by atoms with Gasteiger partial charge in [-0.3, -0.25) is 0 Å². The Hall–Kier alpha value is -3.38. The van der Waals surface area contributed by atoms with Gasteiger partial charge in [0.2, 0.25) is 0 Å². The van der Waals surface area contributed by atoms with Crippen molar-refractivity contribution in [3.05, 3.63) is 121 Å². The maximum atomic E-state index is 3.92. The second kappa shape index (κ2) is 9.71. The number of hydrogen-bond acceptors (Lipinski definition) is 0. The molecule has 0 nitrogen and oxygen atoms in total. The molecule has 3 aromatic rings. The fourth-order valence-corrected chi connectivity index (χ4v) is 3.55. The van der Waals surface area contributed by atoms with Crippen molar-refractivity contribution in [3.63, 3.8) is 0 Å². The van der Waals surface area contributed by atoms with Crippen LogP contribution in [0.5, 0.6) is 0 Å². The van der Waals surface area contributed by atoms with E-state index < -0.39 is 0 Å². The summed E-state index contributed by atoms with van der Waals surface area (Å²) in [5.41, 5.74) is 9.72. The average molecular weight is 377 g/mol. The fourth-order valence-electron chi connectivity index (χ4n) is 3.55. The lowest BCUT2D eigenvalue weighted by atomic mass is 9.95. The number of rotatable bonds is 6. The zero-order chi connectivity index (χ0) is 20.6. The minimum absolute atomic E-state index is 1.15. The summed E-state index contributed by atoms with van der Waals surface area (Å²) in [5, 5.41) is 0. The Morgan fingerprint density at radius 1 is 0.621 bits per heavy atom. The van der Waals surface area contributed by atoms with E-state index in [-0.39, 0.29) is 0 Å². The molecule has 0 aromatic heterocycles. The quantitative estimate of drug-likeness (QED) is 0.378. The summed E-state index contributed by atoms with van der Waals surface area (Å²) in [6.07, 6.45) is 10.4. The highest BCUT2D eigenvalue weighted by atomic mass is 14.1. The van der Waals surface area contributed by atoms with Crippen molar-refractivity contribution in [1.82, 2.24) is 0 Å². The van der Waals surface area contributed by atoms with Crippen LogP contribution in [0.4, 0.5) is 0 Å². The zero-order valence-electron chi connectivity index (χ0n) is 17.5. The van der Waals surface area contributed by atoms with Gasteiger partial charge in [0.15, 0.2) is 0 Å². The molecule has 144 valence electrons. The van der Waals surface area contributed by atoms with Crippen LogP contribution in [0.3, 0.4) is 0 Å². The average Bonchev–Trinajstić information content (AvgIpc) is 2.79. The molecule has 0 saturated carbocycles. The standard InChI is InChI=1S/C29H28/c1-5-11-23(8-4)27-13-10-15-29(21-27)25-18-16-24(17-19-25)28-14-9-12-26(20-28)22(6-2)7-3/h5-21H,2H2,1,3-4H3/b11-5-,22-7+,23-8+. The predicted molar refractivity (Wildman–Crippen MR) is 130 cm³/mol. The van der Waals surface area contributed by atoms with Gasteiger partial charge in [0, 0.05) is 0 Å². The molecule has 0 amide bonds. The number of benzene rings is 3. The summed E-state index contributed by atoms with van der Waals surface area (Å²) in [5.74, 6) is 0. The molecule has 0 aliphatic carbocycles. The van der Waals surface area contributed by atoms with Gasteiger partial charge in [0.25, 0.3) is 0 Å². The fraction of sp³-hybridized carbons (Fsp3) is 0.103. The van der Waals surface area contributed by atoms with E-state index >= 15 is 0 Å². The van der Waals surface area contributed by atoms with E-state index in [4.69, 9.17) is 0 Å². The second-order valence-corrected chi connectivity index (χ2v) is 6.93. The Morgan fingerprint density at radius 2 is 1.10 bits per heavy atom. The first-order valence-electron chi connectivity index (χ1n) is 10.1. The van der Waals surface area contributed by atoms with Gasteiger partial charge < -0.3 is 0 Å². The van der Waals surface area contributed by atoms with Gasteiger partial charge in [-0.1, -0.05) is 97.6 Å². The van der Waals surface area contributed by atoms with Gasteiger partial charge in [-0.25, -0.2) is 0 Å². The number of hydrogen-bond donors (Lipinski definition) is 0. The molecule has 0 fully saturated rings. The van der Waals surface area contributed by atoms with Crippen molar-refractivity contribution < 1.29 is 0 Å². The highest BCUT2D eigenvalue weighted by Crippen LogP contribution is 2.29. The zero-order valence-corrected chi connectivity index (χ0v) is 17.5. The Morgan fingerprint density at radius 3 is 1.52 bits per heavy atom. The smallest absolute Gasteiger partial charge is 0.0178 e. The summed E-state index contributed by atoms with van der Waals surface area (Å²) in [7, 11) is 0. The van der Waals surface area contributed by atoms with Gasteiger partial charge in [0.1, 0.15) is 0 Å². The molecule has 0 unspecified atom stereocenters. The molecule has 0 aliphatic rings. The van der Waals surface area contributed by atoms with E-state index in [1.807, 2.05) is 13.0 Å². The van der Waals surface area contributed by atoms with Crippen LogP contribution in [-0.2, 0) is 0 Å². The minimum Gasteiger partial charge on any atom is -0.0985 e. The van der Waals surface area contributed by atoms with Crippen LogP contribution in [0.1, 0.15) is 31.9 Å². The van der Waals surface area contributed by atoms with Crippen LogP contribution in [-0.4, -0.2) is 0 Å². The van der Waals surface area contributed by atoms with E-state index in [0.29, 0.717) is 0 Å². The molecule has 29 heavy (non-hydrogen) atoms. The van der Waals surface area contributed by atoms with Crippen molar-refractivity contribution in [2.75, 3.05) is 0 Å². The van der Waals surface area contributed by atoms with Crippen LogP contribution in [0.25, 0.3) is 33.4 Å². The van der Waals surface area contributed by atoms with Crippen molar-refractivity contribution in [2.24, 2.45) is 0 Å². The van der Waals surface area contributed by atoms with E-state index in [1.54, 1.807) is 0 Å². The molecular formula is C29H28. The van der Waals surface area contributed by atoms with Gasteiger partial charge >= 0.3 is 0 Å². The lowest BCUT2D eigenvalue weighted by Crippen LogP contribution is -1.86. The second-order valence-electron chi connectivity index (χ2n) is 6.93. The predicted octanol–water partition coefficient (Wildman–Crippen LogP) is 8.59. The van der Waals surface area contributed by atoms with E-state index in [1.165, 1.54) is 39.0 Å². The highest BCUT2D eigenvalue weighted by Gasteiger charge is 2.05. The Bertz CT molecular complexity index is 1070. The molecule has 0 spiro atoms. The van der Waals surface area contributed by atoms with Crippen LogP contribution in [0.15, 0.2) is 110 Å². The molecule has 0 bridgehead atoms. The third-order valence-electron chi connectivity index (χ3n) is 5.13. The van der Waals surface area contributed by atoms with Crippen LogP contribution in [0, 0.1) is 0 Å². The number of allylic oxidation sites excluding steroid dienone is 7. The minimum atomic E-state index is 1.15. The molecule has 0 heteroatoms. The molecule has 3 rings (SSSR count). The molecule has 0 radical (unpaired) electrons. The SMILES string of the molecule is C=C/C(=C\C)c1cccc(-c2ccc(-c3cccc(C(/C=C\C)=C/C)c3)cc2)c1. The largest absolute Gasteiger partial charge is 0.0985 e. The topological polar surface area (TPSA) is 0 Å². The Labute approximate surface area is 175 Å². The Kier molecular flexibility index (Phi) is 6.81. The summed E-state index contributed by atoms with van der Waals surface area (Å²) in [6, 6.07) is 26.1. The lowest BCUT2D eigenvalue weighted by molar-refractivity contribution is 1.54. The molecule has 3 aromatic carbocycles. The maximum Gasteiger partial charge on any atom is -0.0178 e. The highest BCUT2D eigenvalue weighted by molar-refractivity contribution is 5.80. The molecule has 0 heterocycles. The first kappa shape index (κ1) is 20.4. The third kappa shape index (κ3) is 4.73. The van der Waals surface area contributed by atoms with Gasteiger partial charge in [0.05, 0.1) is 0 Å². The van der Waals surface area contributed by atoms with Crippen molar-refractivity contribution in [2.45, 2.75) is 20.8 Å². The summed E-state index contributed by atoms with van der Waals surface area (Å²) in [4.78, 5) is 0. The van der Waals surface area contributed by atoms with Crippen molar-refractivity contribution in [1.29, 1.82) is 0 Å². The van der Waals surface area contributed by atoms with Gasteiger partial charge in [-0.05, 0) is 77.4 Å². The summed E-state index contributed by atoms with van der Waals surface area (Å²) in [6.45, 7) is 10.1. The molecule has 0 aliphatic heterocycles.